The van der Waals surface area contributed by atoms with Gasteiger partial charge in [0.05, 0.1) is 22.8 Å². The summed E-state index contributed by atoms with van der Waals surface area (Å²) in [6.45, 7) is 4.10. The van der Waals surface area contributed by atoms with Crippen LogP contribution in [0.5, 0.6) is 0 Å². The summed E-state index contributed by atoms with van der Waals surface area (Å²) in [5.41, 5.74) is 0.594. The second-order valence-corrected chi connectivity index (χ2v) is 9.25. The molecule has 3 aliphatic rings. The minimum atomic E-state index is -0.418. The second-order valence-electron chi connectivity index (χ2n) is 9.25. The highest BCUT2D eigenvalue weighted by molar-refractivity contribution is 5.77. The monoisotopic (exact) mass is 434 g/mol. The lowest BCUT2D eigenvalue weighted by Gasteiger charge is -2.42. The van der Waals surface area contributed by atoms with Crippen LogP contribution in [0.2, 0.25) is 0 Å². The highest BCUT2D eigenvalue weighted by atomic mass is 19.1. The number of carbonyl (C=O) groups excluding carboxylic acids is 1. The van der Waals surface area contributed by atoms with Gasteiger partial charge in [-0.15, -0.1) is 0 Å². The van der Waals surface area contributed by atoms with Crippen LogP contribution < -0.4 is 10.2 Å². The van der Waals surface area contributed by atoms with Gasteiger partial charge in [0.2, 0.25) is 5.91 Å². The molecule has 5 rings (SSSR count). The van der Waals surface area contributed by atoms with Crippen molar-refractivity contribution in [2.45, 2.75) is 50.2 Å². The van der Waals surface area contributed by atoms with E-state index in [4.69, 9.17) is 5.26 Å². The van der Waals surface area contributed by atoms with Crippen LogP contribution >= 0.6 is 0 Å². The highest BCUT2D eigenvalue weighted by Crippen LogP contribution is 2.45. The number of likely N-dealkylation sites (tertiary alicyclic amines) is 1. The van der Waals surface area contributed by atoms with Gasteiger partial charge in [0.1, 0.15) is 17.7 Å². The molecular formula is C24H27FN6O. The number of nitriles is 1. The molecule has 2 aromatic heterocycles. The molecule has 3 fully saturated rings. The van der Waals surface area contributed by atoms with Gasteiger partial charge in [-0.1, -0.05) is 6.92 Å². The number of hydrogen-bond donors (Lipinski definition) is 1. The van der Waals surface area contributed by atoms with E-state index >= 15 is 0 Å². The average Bonchev–Trinajstić information content (AvgIpc) is 3.55. The number of nitrogens with zero attached hydrogens (tertiary/aromatic N) is 5. The molecule has 1 amide bonds. The number of carbonyl (C=O) groups is 1. The number of halogens is 1. The van der Waals surface area contributed by atoms with Crippen LogP contribution in [0.3, 0.4) is 0 Å². The summed E-state index contributed by atoms with van der Waals surface area (Å²) in [6, 6.07) is 9.31. The summed E-state index contributed by atoms with van der Waals surface area (Å²) >= 11 is 0. The lowest BCUT2D eigenvalue weighted by Crippen LogP contribution is -2.56. The topological polar surface area (TPSA) is 85.2 Å². The number of amides is 1. The van der Waals surface area contributed by atoms with E-state index in [9.17, 15) is 9.18 Å². The number of nitrogens with one attached hydrogen (secondary N) is 1. The van der Waals surface area contributed by atoms with Crippen molar-refractivity contribution < 1.29 is 9.18 Å². The van der Waals surface area contributed by atoms with Crippen molar-refractivity contribution >= 4 is 11.7 Å². The molecule has 2 bridgehead atoms. The van der Waals surface area contributed by atoms with Gasteiger partial charge in [-0.2, -0.15) is 5.26 Å². The van der Waals surface area contributed by atoms with E-state index in [1.54, 1.807) is 24.5 Å². The van der Waals surface area contributed by atoms with Gasteiger partial charge >= 0.3 is 0 Å². The van der Waals surface area contributed by atoms with Crippen LogP contribution in [0.25, 0.3) is 0 Å². The van der Waals surface area contributed by atoms with Crippen molar-refractivity contribution in [1.29, 1.82) is 5.26 Å². The molecule has 166 valence electrons. The first-order valence-electron chi connectivity index (χ1n) is 11.3. The molecule has 1 saturated carbocycles. The maximum Gasteiger partial charge on any atom is 0.223 e. The first-order chi connectivity index (χ1) is 15.5. The van der Waals surface area contributed by atoms with Crippen LogP contribution in [0, 0.1) is 23.1 Å². The minimum absolute atomic E-state index is 0.131. The quantitative estimate of drug-likeness (QED) is 0.752. The summed E-state index contributed by atoms with van der Waals surface area (Å²) in [5.74, 6) is 1.19. The molecule has 7 nitrogen and oxygen atoms in total. The number of aromatic nitrogens is 2. The Morgan fingerprint density at radius 2 is 2.16 bits per heavy atom. The van der Waals surface area contributed by atoms with E-state index in [2.05, 4.69) is 33.2 Å². The lowest BCUT2D eigenvalue weighted by atomic mass is 10.0. The third-order valence-corrected chi connectivity index (χ3v) is 7.15. The molecule has 3 atom stereocenters. The smallest absolute Gasteiger partial charge is 0.223 e. The first-order valence-corrected chi connectivity index (χ1v) is 11.3. The Morgan fingerprint density at radius 3 is 2.81 bits per heavy atom. The Kier molecular flexibility index (Phi) is 5.30. The molecular weight excluding hydrogens is 407 g/mol. The van der Waals surface area contributed by atoms with Gasteiger partial charge in [0.25, 0.3) is 0 Å². The zero-order valence-electron chi connectivity index (χ0n) is 18.2. The Balaban J connectivity index is 1.19. The third kappa shape index (κ3) is 3.71. The standard InChI is InChI=1S/C24H27FN6O/c1-16-11-18-14-30(15-20(16)31(18)21-5-4-17(12-26)13-28-21)22(32)6-10-29-24(7-8-24)23-19(25)3-2-9-27-23/h2-5,9,13,16,18,20,29H,6-8,10-11,14-15H2,1H3/t16-,18?,20?/m0/s1. The van der Waals surface area contributed by atoms with E-state index in [0.717, 1.165) is 25.1 Å². The number of rotatable bonds is 6. The van der Waals surface area contributed by atoms with Gasteiger partial charge in [0.15, 0.2) is 0 Å². The largest absolute Gasteiger partial charge is 0.347 e. The van der Waals surface area contributed by atoms with Gasteiger partial charge in [-0.25, -0.2) is 9.37 Å². The van der Waals surface area contributed by atoms with Crippen LogP contribution in [-0.2, 0) is 10.3 Å². The number of piperazine rings is 1. The van der Waals surface area contributed by atoms with E-state index in [0.29, 0.717) is 43.2 Å². The molecule has 0 radical (unpaired) electrons. The van der Waals surface area contributed by atoms with Crippen molar-refractivity contribution in [3.05, 3.63) is 53.7 Å². The van der Waals surface area contributed by atoms with Gasteiger partial charge in [0, 0.05) is 44.5 Å². The molecule has 0 aromatic carbocycles. The molecule has 2 aliphatic heterocycles. The molecule has 4 heterocycles. The molecule has 32 heavy (non-hydrogen) atoms. The summed E-state index contributed by atoms with van der Waals surface area (Å²) in [6.07, 6.45) is 6.32. The fraction of sp³-hybridized carbons (Fsp3) is 0.500. The van der Waals surface area contributed by atoms with Crippen molar-refractivity contribution in [1.82, 2.24) is 20.2 Å². The Bertz CT molecular complexity index is 1050. The van der Waals surface area contributed by atoms with Crippen LogP contribution in [0.4, 0.5) is 10.2 Å². The van der Waals surface area contributed by atoms with Crippen molar-refractivity contribution in [3.63, 3.8) is 0 Å². The normalized spacial score (nSPS) is 25.5. The van der Waals surface area contributed by atoms with Crippen molar-refractivity contribution in [2.75, 3.05) is 24.5 Å². The van der Waals surface area contributed by atoms with Crippen molar-refractivity contribution in [3.8, 4) is 6.07 Å². The van der Waals surface area contributed by atoms with Gasteiger partial charge in [-0.3, -0.25) is 9.78 Å². The van der Waals surface area contributed by atoms with Gasteiger partial charge < -0.3 is 15.1 Å². The fourth-order valence-corrected chi connectivity index (χ4v) is 5.32. The van der Waals surface area contributed by atoms with E-state index < -0.39 is 5.54 Å². The maximum atomic E-state index is 14.1. The molecule has 2 unspecified atom stereocenters. The third-order valence-electron chi connectivity index (χ3n) is 7.15. The number of hydrogen-bond acceptors (Lipinski definition) is 6. The number of fused-ring (bicyclic) bond motifs is 2. The summed E-state index contributed by atoms with van der Waals surface area (Å²) in [7, 11) is 0. The Hall–Kier alpha value is -3.05. The average molecular weight is 435 g/mol. The minimum Gasteiger partial charge on any atom is -0.347 e. The van der Waals surface area contributed by atoms with Gasteiger partial charge in [-0.05, 0) is 49.4 Å². The zero-order chi connectivity index (χ0) is 22.3. The predicted molar refractivity (Wildman–Crippen MR) is 117 cm³/mol. The molecule has 8 heteroatoms. The Morgan fingerprint density at radius 1 is 1.31 bits per heavy atom. The number of pyridine rings is 2. The van der Waals surface area contributed by atoms with E-state index in [-0.39, 0.29) is 23.8 Å². The summed E-state index contributed by atoms with van der Waals surface area (Å²) in [5, 5.41) is 12.4. The zero-order valence-corrected chi connectivity index (χ0v) is 18.2. The first kappa shape index (κ1) is 20.8. The SMILES string of the molecule is C[C@H]1CC2CN(C(=O)CCNC3(c4ncccc4F)CC3)CC1N2c1ccc(C#N)cn1. The van der Waals surface area contributed by atoms with E-state index in [1.165, 1.54) is 6.07 Å². The molecule has 1 aliphatic carbocycles. The molecule has 2 aromatic rings. The second kappa shape index (κ2) is 8.14. The van der Waals surface area contributed by atoms with Crippen LogP contribution in [0.15, 0.2) is 36.7 Å². The molecule has 0 spiro atoms. The highest BCUT2D eigenvalue weighted by Gasteiger charge is 2.48. The van der Waals surface area contributed by atoms with Crippen molar-refractivity contribution in [2.24, 2.45) is 5.92 Å². The summed E-state index contributed by atoms with van der Waals surface area (Å²) < 4.78 is 14.1. The molecule has 1 N–H and O–H groups in total. The predicted octanol–water partition coefficient (Wildman–Crippen LogP) is 2.58. The fourth-order valence-electron chi connectivity index (χ4n) is 5.32. The van der Waals surface area contributed by atoms with Crippen LogP contribution in [0.1, 0.15) is 43.9 Å². The summed E-state index contributed by atoms with van der Waals surface area (Å²) in [4.78, 5) is 26.0. The lowest BCUT2D eigenvalue weighted by molar-refractivity contribution is -0.132. The number of anilines is 1. The molecule has 2 saturated heterocycles. The Labute approximate surface area is 187 Å². The maximum absolute atomic E-state index is 14.1. The van der Waals surface area contributed by atoms with E-state index in [1.807, 2.05) is 11.0 Å². The van der Waals surface area contributed by atoms with Crippen LogP contribution in [-0.4, -0.2) is 52.5 Å².